The Morgan fingerprint density at radius 1 is 1.05 bits per heavy atom. The molecule has 20 heavy (non-hydrogen) atoms. The molecule has 0 atom stereocenters. The predicted octanol–water partition coefficient (Wildman–Crippen LogP) is 2.56. The van der Waals surface area contributed by atoms with Gasteiger partial charge in [-0.1, -0.05) is 35.9 Å². The summed E-state index contributed by atoms with van der Waals surface area (Å²) >= 11 is 0. The number of rotatable bonds is 4. The SMILES string of the molecule is Cc1ccc(CNc2cc(S(N)(=O)=O)ccc2C)cc1. The van der Waals surface area contributed by atoms with Crippen molar-refractivity contribution in [3.63, 3.8) is 0 Å². The van der Waals surface area contributed by atoms with Crippen molar-refractivity contribution in [2.75, 3.05) is 5.32 Å². The summed E-state index contributed by atoms with van der Waals surface area (Å²) in [5.74, 6) is 0. The normalized spacial score (nSPS) is 11.3. The standard InChI is InChI=1S/C15H18N2O2S/c1-11-3-6-13(7-4-11)10-17-15-9-14(20(16,18)19)8-5-12(15)2/h3-9,17H,10H2,1-2H3,(H2,16,18,19). The van der Waals surface area contributed by atoms with Gasteiger partial charge in [0, 0.05) is 12.2 Å². The zero-order valence-electron chi connectivity index (χ0n) is 11.6. The summed E-state index contributed by atoms with van der Waals surface area (Å²) in [5.41, 5.74) is 4.10. The van der Waals surface area contributed by atoms with Gasteiger partial charge in [-0.25, -0.2) is 13.6 Å². The second-order valence-electron chi connectivity index (χ2n) is 4.86. The van der Waals surface area contributed by atoms with Gasteiger partial charge in [0.1, 0.15) is 0 Å². The van der Waals surface area contributed by atoms with E-state index in [4.69, 9.17) is 5.14 Å². The van der Waals surface area contributed by atoms with Crippen LogP contribution in [-0.2, 0) is 16.6 Å². The van der Waals surface area contributed by atoms with Crippen molar-refractivity contribution in [2.45, 2.75) is 25.3 Å². The van der Waals surface area contributed by atoms with E-state index in [9.17, 15) is 8.42 Å². The molecule has 0 amide bonds. The van der Waals surface area contributed by atoms with Crippen molar-refractivity contribution < 1.29 is 8.42 Å². The number of sulfonamides is 1. The van der Waals surface area contributed by atoms with Gasteiger partial charge in [-0.2, -0.15) is 0 Å². The van der Waals surface area contributed by atoms with Crippen molar-refractivity contribution in [3.8, 4) is 0 Å². The van der Waals surface area contributed by atoms with Crippen LogP contribution in [0.3, 0.4) is 0 Å². The number of nitrogens with one attached hydrogen (secondary N) is 1. The molecule has 2 rings (SSSR count). The largest absolute Gasteiger partial charge is 0.381 e. The lowest BCUT2D eigenvalue weighted by Crippen LogP contribution is -2.13. The molecule has 0 aliphatic carbocycles. The topological polar surface area (TPSA) is 72.2 Å². The van der Waals surface area contributed by atoms with Crippen LogP contribution in [-0.4, -0.2) is 8.42 Å². The first kappa shape index (κ1) is 14.6. The van der Waals surface area contributed by atoms with Crippen LogP contribution in [0.2, 0.25) is 0 Å². The molecule has 106 valence electrons. The highest BCUT2D eigenvalue weighted by atomic mass is 32.2. The number of anilines is 1. The first-order valence-electron chi connectivity index (χ1n) is 6.29. The predicted molar refractivity (Wildman–Crippen MR) is 81.1 cm³/mol. The van der Waals surface area contributed by atoms with Gasteiger partial charge in [0.2, 0.25) is 10.0 Å². The Bertz CT molecular complexity index is 707. The summed E-state index contributed by atoms with van der Waals surface area (Å²) in [7, 11) is -3.67. The van der Waals surface area contributed by atoms with E-state index in [1.807, 2.05) is 38.1 Å². The summed E-state index contributed by atoms with van der Waals surface area (Å²) in [6, 6.07) is 13.0. The number of nitrogens with two attached hydrogens (primary N) is 1. The van der Waals surface area contributed by atoms with Crippen molar-refractivity contribution >= 4 is 15.7 Å². The van der Waals surface area contributed by atoms with E-state index in [1.54, 1.807) is 12.1 Å². The van der Waals surface area contributed by atoms with Gasteiger partial charge in [-0.3, -0.25) is 0 Å². The third-order valence-electron chi connectivity index (χ3n) is 3.14. The molecule has 0 fully saturated rings. The average molecular weight is 290 g/mol. The molecule has 0 aliphatic rings. The summed E-state index contributed by atoms with van der Waals surface area (Å²) in [6.45, 7) is 4.59. The van der Waals surface area contributed by atoms with E-state index in [1.165, 1.54) is 11.6 Å². The zero-order chi connectivity index (χ0) is 14.8. The van der Waals surface area contributed by atoms with E-state index in [2.05, 4.69) is 5.32 Å². The number of hydrogen-bond donors (Lipinski definition) is 2. The molecule has 3 N–H and O–H groups in total. The van der Waals surface area contributed by atoms with E-state index in [-0.39, 0.29) is 4.90 Å². The number of benzene rings is 2. The Morgan fingerprint density at radius 3 is 2.30 bits per heavy atom. The van der Waals surface area contributed by atoms with Crippen LogP contribution in [0.1, 0.15) is 16.7 Å². The molecule has 2 aromatic rings. The Hall–Kier alpha value is -1.85. The fraction of sp³-hybridized carbons (Fsp3) is 0.200. The highest BCUT2D eigenvalue weighted by Gasteiger charge is 2.09. The minimum absolute atomic E-state index is 0.120. The quantitative estimate of drug-likeness (QED) is 0.909. The van der Waals surface area contributed by atoms with Gasteiger partial charge in [0.05, 0.1) is 4.90 Å². The Balaban J connectivity index is 2.19. The summed E-state index contributed by atoms with van der Waals surface area (Å²) in [6.07, 6.45) is 0. The van der Waals surface area contributed by atoms with Crippen LogP contribution >= 0.6 is 0 Å². The maximum Gasteiger partial charge on any atom is 0.238 e. The lowest BCUT2D eigenvalue weighted by molar-refractivity contribution is 0.598. The molecule has 0 heterocycles. The van der Waals surface area contributed by atoms with Crippen LogP contribution in [0.15, 0.2) is 47.4 Å². The van der Waals surface area contributed by atoms with Crippen LogP contribution < -0.4 is 10.5 Å². The maximum absolute atomic E-state index is 11.4. The first-order valence-corrected chi connectivity index (χ1v) is 7.84. The number of hydrogen-bond acceptors (Lipinski definition) is 3. The molecule has 0 spiro atoms. The molecule has 0 unspecified atom stereocenters. The molecule has 0 aliphatic heterocycles. The molecule has 4 nitrogen and oxygen atoms in total. The minimum Gasteiger partial charge on any atom is -0.381 e. The Kier molecular flexibility index (Phi) is 4.11. The average Bonchev–Trinajstić information content (AvgIpc) is 2.38. The third kappa shape index (κ3) is 3.59. The van der Waals surface area contributed by atoms with Gasteiger partial charge in [-0.05, 0) is 37.1 Å². The summed E-state index contributed by atoms with van der Waals surface area (Å²) in [4.78, 5) is 0.120. The Labute approximate surface area is 119 Å². The highest BCUT2D eigenvalue weighted by molar-refractivity contribution is 7.89. The number of primary sulfonamides is 1. The maximum atomic E-state index is 11.4. The lowest BCUT2D eigenvalue weighted by Gasteiger charge is -2.11. The van der Waals surface area contributed by atoms with Crippen LogP contribution in [0.4, 0.5) is 5.69 Å². The number of aryl methyl sites for hydroxylation is 2. The van der Waals surface area contributed by atoms with Crippen LogP contribution in [0.25, 0.3) is 0 Å². The molecule has 0 saturated heterocycles. The summed E-state index contributed by atoms with van der Waals surface area (Å²) in [5, 5.41) is 8.39. The van der Waals surface area contributed by atoms with E-state index < -0.39 is 10.0 Å². The minimum atomic E-state index is -3.67. The monoisotopic (exact) mass is 290 g/mol. The first-order chi connectivity index (χ1) is 9.36. The molecule has 5 heteroatoms. The van der Waals surface area contributed by atoms with Crippen molar-refractivity contribution in [2.24, 2.45) is 5.14 Å². The molecule has 2 aromatic carbocycles. The fourth-order valence-electron chi connectivity index (χ4n) is 1.87. The highest BCUT2D eigenvalue weighted by Crippen LogP contribution is 2.20. The molecule has 0 aromatic heterocycles. The Morgan fingerprint density at radius 2 is 1.70 bits per heavy atom. The van der Waals surface area contributed by atoms with Crippen molar-refractivity contribution in [3.05, 3.63) is 59.2 Å². The molecule has 0 saturated carbocycles. The molecular formula is C15H18N2O2S. The van der Waals surface area contributed by atoms with Gasteiger partial charge in [0.15, 0.2) is 0 Å². The molecule has 0 bridgehead atoms. The van der Waals surface area contributed by atoms with Crippen LogP contribution in [0.5, 0.6) is 0 Å². The van der Waals surface area contributed by atoms with E-state index >= 15 is 0 Å². The molecular weight excluding hydrogens is 272 g/mol. The second kappa shape index (κ2) is 5.64. The summed E-state index contributed by atoms with van der Waals surface area (Å²) < 4.78 is 22.7. The third-order valence-corrected chi connectivity index (χ3v) is 4.05. The van der Waals surface area contributed by atoms with E-state index in [0.29, 0.717) is 6.54 Å². The van der Waals surface area contributed by atoms with Crippen molar-refractivity contribution in [1.82, 2.24) is 0 Å². The fourth-order valence-corrected chi connectivity index (χ4v) is 2.41. The van der Waals surface area contributed by atoms with Gasteiger partial charge >= 0.3 is 0 Å². The van der Waals surface area contributed by atoms with Crippen molar-refractivity contribution in [1.29, 1.82) is 0 Å². The van der Waals surface area contributed by atoms with Gasteiger partial charge in [-0.15, -0.1) is 0 Å². The van der Waals surface area contributed by atoms with Gasteiger partial charge in [0.25, 0.3) is 0 Å². The van der Waals surface area contributed by atoms with Crippen LogP contribution in [0, 0.1) is 13.8 Å². The van der Waals surface area contributed by atoms with Gasteiger partial charge < -0.3 is 5.32 Å². The smallest absolute Gasteiger partial charge is 0.238 e. The molecule has 0 radical (unpaired) electrons. The zero-order valence-corrected chi connectivity index (χ0v) is 12.4. The second-order valence-corrected chi connectivity index (χ2v) is 6.42. The van der Waals surface area contributed by atoms with E-state index in [0.717, 1.165) is 16.8 Å². The lowest BCUT2D eigenvalue weighted by atomic mass is 10.1.